The number of carbonyl (C=O) groups is 1. The lowest BCUT2D eigenvalue weighted by molar-refractivity contribution is 0.103. The van der Waals surface area contributed by atoms with Crippen LogP contribution < -0.4 is 5.32 Å². The summed E-state index contributed by atoms with van der Waals surface area (Å²) in [4.78, 5) is 16.9. The molecule has 0 fully saturated rings. The zero-order valence-corrected chi connectivity index (χ0v) is 14.1. The number of aryl methyl sites for hydroxylation is 1. The van der Waals surface area contributed by atoms with Crippen molar-refractivity contribution in [3.63, 3.8) is 0 Å². The number of phenols is 1. The number of thiophene rings is 1. The number of halogens is 2. The van der Waals surface area contributed by atoms with E-state index in [1.165, 1.54) is 29.7 Å². The van der Waals surface area contributed by atoms with Crippen molar-refractivity contribution in [2.75, 3.05) is 5.32 Å². The molecule has 0 aliphatic heterocycles. The molecular formula is C17H12ClFN2O2S. The molecule has 2 heterocycles. The van der Waals surface area contributed by atoms with Gasteiger partial charge < -0.3 is 10.4 Å². The molecule has 122 valence electrons. The molecule has 2 N–H and O–H groups in total. The minimum absolute atomic E-state index is 0.164. The number of amides is 1. The van der Waals surface area contributed by atoms with Gasteiger partial charge in [-0.25, -0.2) is 4.39 Å². The molecule has 0 spiro atoms. The Balaban J connectivity index is 1.84. The van der Waals surface area contributed by atoms with Crippen molar-refractivity contribution < 1.29 is 14.3 Å². The average Bonchev–Trinajstić information content (AvgIpc) is 3.00. The highest BCUT2D eigenvalue weighted by atomic mass is 35.5. The van der Waals surface area contributed by atoms with Crippen molar-refractivity contribution in [1.29, 1.82) is 0 Å². The SMILES string of the molecule is Cc1ncc(Cl)cc1NC(=O)c1cc(-c2cc(O)cc(F)c2)cs1. The fourth-order valence-electron chi connectivity index (χ4n) is 2.17. The molecule has 0 bridgehead atoms. The summed E-state index contributed by atoms with van der Waals surface area (Å²) in [5, 5.41) is 14.4. The maximum Gasteiger partial charge on any atom is 0.265 e. The highest BCUT2D eigenvalue weighted by molar-refractivity contribution is 7.12. The van der Waals surface area contributed by atoms with E-state index in [-0.39, 0.29) is 11.7 Å². The molecule has 0 unspecified atom stereocenters. The van der Waals surface area contributed by atoms with Crippen molar-refractivity contribution >= 4 is 34.5 Å². The van der Waals surface area contributed by atoms with Crippen molar-refractivity contribution in [3.05, 3.63) is 63.3 Å². The predicted molar refractivity (Wildman–Crippen MR) is 93.3 cm³/mol. The van der Waals surface area contributed by atoms with E-state index in [2.05, 4.69) is 10.3 Å². The van der Waals surface area contributed by atoms with Crippen LogP contribution in [0.15, 0.2) is 41.9 Å². The number of carbonyl (C=O) groups excluding carboxylic acids is 1. The van der Waals surface area contributed by atoms with E-state index in [1.54, 1.807) is 24.4 Å². The second kappa shape index (κ2) is 6.59. The van der Waals surface area contributed by atoms with E-state index in [0.29, 0.717) is 32.4 Å². The van der Waals surface area contributed by atoms with E-state index in [1.807, 2.05) is 0 Å². The van der Waals surface area contributed by atoms with Crippen LogP contribution in [0, 0.1) is 12.7 Å². The molecule has 1 amide bonds. The molecule has 24 heavy (non-hydrogen) atoms. The van der Waals surface area contributed by atoms with Crippen LogP contribution in [0.3, 0.4) is 0 Å². The summed E-state index contributed by atoms with van der Waals surface area (Å²) in [6, 6.07) is 7.03. The molecule has 0 radical (unpaired) electrons. The van der Waals surface area contributed by atoms with Crippen LogP contribution in [0.4, 0.5) is 10.1 Å². The van der Waals surface area contributed by atoms with Crippen LogP contribution >= 0.6 is 22.9 Å². The number of anilines is 1. The molecule has 3 aromatic rings. The lowest BCUT2D eigenvalue weighted by Crippen LogP contribution is -2.11. The van der Waals surface area contributed by atoms with Gasteiger partial charge in [0.15, 0.2) is 0 Å². The van der Waals surface area contributed by atoms with Crippen LogP contribution in [0.1, 0.15) is 15.4 Å². The first-order valence-electron chi connectivity index (χ1n) is 6.94. The topological polar surface area (TPSA) is 62.2 Å². The van der Waals surface area contributed by atoms with Crippen LogP contribution in [-0.2, 0) is 0 Å². The van der Waals surface area contributed by atoms with E-state index in [4.69, 9.17) is 11.6 Å². The smallest absolute Gasteiger partial charge is 0.265 e. The number of benzene rings is 1. The normalized spacial score (nSPS) is 10.6. The number of pyridine rings is 1. The Bertz CT molecular complexity index is 906. The molecule has 7 heteroatoms. The van der Waals surface area contributed by atoms with E-state index in [9.17, 15) is 14.3 Å². The van der Waals surface area contributed by atoms with Gasteiger partial charge in [-0.2, -0.15) is 0 Å². The molecule has 0 saturated carbocycles. The molecule has 0 atom stereocenters. The van der Waals surface area contributed by atoms with Gasteiger partial charge in [0, 0.05) is 12.3 Å². The Morgan fingerprint density at radius 2 is 2.04 bits per heavy atom. The maximum absolute atomic E-state index is 13.4. The molecular weight excluding hydrogens is 351 g/mol. The number of aromatic hydroxyl groups is 1. The highest BCUT2D eigenvalue weighted by Crippen LogP contribution is 2.29. The third kappa shape index (κ3) is 3.55. The number of phenolic OH excluding ortho intramolecular Hbond substituents is 1. The summed E-state index contributed by atoms with van der Waals surface area (Å²) in [7, 11) is 0. The van der Waals surface area contributed by atoms with E-state index >= 15 is 0 Å². The van der Waals surface area contributed by atoms with Crippen LogP contribution in [0.5, 0.6) is 5.75 Å². The summed E-state index contributed by atoms with van der Waals surface area (Å²) in [6.45, 7) is 1.77. The van der Waals surface area contributed by atoms with Crippen LogP contribution in [-0.4, -0.2) is 16.0 Å². The minimum atomic E-state index is -0.539. The predicted octanol–water partition coefficient (Wildman–Crippen LogP) is 4.87. The quantitative estimate of drug-likeness (QED) is 0.698. The molecule has 4 nitrogen and oxygen atoms in total. The zero-order chi connectivity index (χ0) is 17.3. The van der Waals surface area contributed by atoms with Gasteiger partial charge in [0.1, 0.15) is 11.6 Å². The maximum atomic E-state index is 13.4. The second-order valence-electron chi connectivity index (χ2n) is 5.14. The Hall–Kier alpha value is -2.44. The van der Waals surface area contributed by atoms with Crippen molar-refractivity contribution in [1.82, 2.24) is 4.98 Å². The molecule has 2 aromatic heterocycles. The Kier molecular flexibility index (Phi) is 4.51. The van der Waals surface area contributed by atoms with Gasteiger partial charge in [0.05, 0.1) is 21.3 Å². The van der Waals surface area contributed by atoms with Gasteiger partial charge in [0.25, 0.3) is 5.91 Å². The number of nitrogens with one attached hydrogen (secondary N) is 1. The summed E-state index contributed by atoms with van der Waals surface area (Å²) >= 11 is 7.11. The Morgan fingerprint density at radius 3 is 2.79 bits per heavy atom. The van der Waals surface area contributed by atoms with Gasteiger partial charge in [0.2, 0.25) is 0 Å². The standard InChI is InChI=1S/C17H12ClFN2O2S/c1-9-15(5-12(18)7-20-9)21-17(23)16-4-11(8-24-16)10-2-13(19)6-14(22)3-10/h2-8,22H,1H3,(H,21,23). The van der Waals surface area contributed by atoms with Gasteiger partial charge >= 0.3 is 0 Å². The highest BCUT2D eigenvalue weighted by Gasteiger charge is 2.13. The Labute approximate surface area is 146 Å². The zero-order valence-electron chi connectivity index (χ0n) is 12.5. The molecule has 1 aromatic carbocycles. The minimum Gasteiger partial charge on any atom is -0.508 e. The molecule has 0 saturated heterocycles. The fraction of sp³-hybridized carbons (Fsp3) is 0.0588. The fourth-order valence-corrected chi connectivity index (χ4v) is 3.13. The second-order valence-corrected chi connectivity index (χ2v) is 6.49. The first-order chi connectivity index (χ1) is 11.4. The van der Waals surface area contributed by atoms with E-state index in [0.717, 1.165) is 6.07 Å². The van der Waals surface area contributed by atoms with Gasteiger partial charge in [-0.1, -0.05) is 11.6 Å². The van der Waals surface area contributed by atoms with Crippen LogP contribution in [0.2, 0.25) is 5.02 Å². The van der Waals surface area contributed by atoms with Crippen molar-refractivity contribution in [2.45, 2.75) is 6.92 Å². The number of hydrogen-bond donors (Lipinski definition) is 2. The number of rotatable bonds is 3. The largest absolute Gasteiger partial charge is 0.508 e. The molecule has 0 aliphatic rings. The lowest BCUT2D eigenvalue weighted by atomic mass is 10.1. The third-order valence-electron chi connectivity index (χ3n) is 3.34. The summed E-state index contributed by atoms with van der Waals surface area (Å²) in [5.74, 6) is -1.01. The first kappa shape index (κ1) is 16.4. The van der Waals surface area contributed by atoms with Gasteiger partial charge in [-0.3, -0.25) is 9.78 Å². The summed E-state index contributed by atoms with van der Waals surface area (Å²) in [6.07, 6.45) is 1.51. The average molecular weight is 363 g/mol. The molecule has 3 rings (SSSR count). The molecule has 0 aliphatic carbocycles. The summed E-state index contributed by atoms with van der Waals surface area (Å²) < 4.78 is 13.4. The Morgan fingerprint density at radius 1 is 1.25 bits per heavy atom. The third-order valence-corrected chi connectivity index (χ3v) is 4.48. The monoisotopic (exact) mass is 362 g/mol. The number of nitrogens with zero attached hydrogens (tertiary/aromatic N) is 1. The van der Waals surface area contributed by atoms with Gasteiger partial charge in [-0.05, 0) is 47.7 Å². The van der Waals surface area contributed by atoms with Crippen molar-refractivity contribution in [3.8, 4) is 16.9 Å². The van der Waals surface area contributed by atoms with Crippen molar-refractivity contribution in [2.24, 2.45) is 0 Å². The van der Waals surface area contributed by atoms with E-state index < -0.39 is 5.82 Å². The van der Waals surface area contributed by atoms with Gasteiger partial charge in [-0.15, -0.1) is 11.3 Å². The lowest BCUT2D eigenvalue weighted by Gasteiger charge is -2.06. The number of hydrogen-bond acceptors (Lipinski definition) is 4. The summed E-state index contributed by atoms with van der Waals surface area (Å²) in [5.41, 5.74) is 2.34. The van der Waals surface area contributed by atoms with Crippen LogP contribution in [0.25, 0.3) is 11.1 Å². The number of aromatic nitrogens is 1. The first-order valence-corrected chi connectivity index (χ1v) is 8.20.